The van der Waals surface area contributed by atoms with Crippen LogP contribution in [0.5, 0.6) is 0 Å². The Balaban J connectivity index is 0.00000312. The normalized spacial score (nSPS) is 23.6. The molecule has 2 aliphatic heterocycles. The van der Waals surface area contributed by atoms with Gasteiger partial charge in [0.1, 0.15) is 5.25 Å². The Morgan fingerprint density at radius 2 is 1.40 bits per heavy atom. The van der Waals surface area contributed by atoms with Gasteiger partial charge >= 0.3 is 29.6 Å². The number of rotatable bonds is 7. The maximum absolute atomic E-state index is 11.9. The number of hydrogen-bond acceptors (Lipinski definition) is 8. The summed E-state index contributed by atoms with van der Waals surface area (Å²) in [5.41, 5.74) is 0. The molecule has 144 valence electrons. The summed E-state index contributed by atoms with van der Waals surface area (Å²) < 4.78 is 76.0. The van der Waals surface area contributed by atoms with Gasteiger partial charge in [0.25, 0.3) is 20.2 Å². The maximum atomic E-state index is 11.9. The van der Waals surface area contributed by atoms with Gasteiger partial charge < -0.3 is 10.9 Å². The van der Waals surface area contributed by atoms with E-state index in [1.807, 2.05) is 0 Å². The third-order valence-corrected chi connectivity index (χ3v) is 6.24. The van der Waals surface area contributed by atoms with Crippen molar-refractivity contribution in [3.05, 3.63) is 0 Å². The van der Waals surface area contributed by atoms with Gasteiger partial charge in [0.15, 0.2) is 0 Å². The molecule has 0 aromatic carbocycles. The quantitative estimate of drug-likeness (QED) is 0.310. The van der Waals surface area contributed by atoms with E-state index >= 15 is 0 Å². The van der Waals surface area contributed by atoms with E-state index in [0.717, 1.165) is 0 Å². The summed E-state index contributed by atoms with van der Waals surface area (Å²) in [6.07, 6.45) is 0. The van der Waals surface area contributed by atoms with E-state index in [0.29, 0.717) is 52.6 Å². The monoisotopic (exact) mass is 412 g/mol. The molecule has 2 fully saturated rings. The zero-order valence-corrected chi connectivity index (χ0v) is 17.9. The van der Waals surface area contributed by atoms with Crippen LogP contribution in [0.25, 0.3) is 0 Å². The third kappa shape index (κ3) is 8.05. The zero-order chi connectivity index (χ0) is 17.8. The Morgan fingerprint density at radius 1 is 0.920 bits per heavy atom. The summed E-state index contributed by atoms with van der Waals surface area (Å²) in [6, 6.07) is -1.05. The molecule has 2 atom stereocenters. The van der Waals surface area contributed by atoms with Crippen molar-refractivity contribution in [3.63, 3.8) is 0 Å². The van der Waals surface area contributed by atoms with Crippen LogP contribution in [0.1, 0.15) is 1.43 Å². The average Bonchev–Trinajstić information content (AvgIpc) is 2.50. The Kier molecular flexibility index (Phi) is 9.74. The minimum absolute atomic E-state index is 0. The van der Waals surface area contributed by atoms with Crippen molar-refractivity contribution in [2.24, 2.45) is 0 Å². The molecule has 2 aliphatic rings. The van der Waals surface area contributed by atoms with E-state index in [1.165, 1.54) is 0 Å². The van der Waals surface area contributed by atoms with Crippen LogP contribution in [0.4, 0.5) is 0 Å². The predicted molar refractivity (Wildman–Crippen MR) is 86.3 cm³/mol. The van der Waals surface area contributed by atoms with Crippen molar-refractivity contribution >= 4 is 20.2 Å². The molecular weight excluding hydrogens is 387 g/mol. The van der Waals surface area contributed by atoms with E-state index < -0.39 is 37.3 Å². The van der Waals surface area contributed by atoms with E-state index in [-0.39, 0.29) is 37.5 Å². The van der Waals surface area contributed by atoms with Gasteiger partial charge in [-0.25, -0.2) is 0 Å². The van der Waals surface area contributed by atoms with Crippen molar-refractivity contribution in [2.45, 2.75) is 11.3 Å². The van der Waals surface area contributed by atoms with Gasteiger partial charge in [-0.2, -0.15) is 16.8 Å². The first-order valence-electron chi connectivity index (χ1n) is 7.70. The molecular formula is C12H25N2NaO8S2. The van der Waals surface area contributed by atoms with Crippen molar-refractivity contribution in [1.29, 1.82) is 0 Å². The number of hydrogen-bond donors (Lipinski definition) is 2. The van der Waals surface area contributed by atoms with E-state index in [9.17, 15) is 25.9 Å². The topological polar surface area (TPSA) is 134 Å². The molecule has 2 heterocycles. The molecule has 0 spiro atoms. The van der Waals surface area contributed by atoms with Crippen LogP contribution in [-0.2, 0) is 29.7 Å². The zero-order valence-electron chi connectivity index (χ0n) is 15.3. The van der Waals surface area contributed by atoms with Crippen LogP contribution in [0.2, 0.25) is 0 Å². The second-order valence-electron chi connectivity index (χ2n) is 5.93. The van der Waals surface area contributed by atoms with Crippen LogP contribution in [-0.4, -0.2) is 112 Å². The van der Waals surface area contributed by atoms with Crippen molar-refractivity contribution in [3.8, 4) is 0 Å². The largest absolute Gasteiger partial charge is 1.00 e. The summed E-state index contributed by atoms with van der Waals surface area (Å²) in [4.78, 5) is 3.44. The fraction of sp³-hybridized carbons (Fsp3) is 1.00. The van der Waals surface area contributed by atoms with Gasteiger partial charge in [0, 0.05) is 38.8 Å². The molecule has 0 radical (unpaired) electrons. The number of nitrogens with zero attached hydrogens (tertiary/aromatic N) is 2. The minimum atomic E-state index is -4.53. The summed E-state index contributed by atoms with van der Waals surface area (Å²) in [6.45, 7) is 3.17. The standard InChI is InChI=1S/C12H24N2O8S2.Na.H/c15-23(16,17)10-11(14-3-7-22-8-4-14)12(24(18,19)20)9-13-1-5-21-6-2-13;;/h11-12H,1-10H2,(H,15,16,17)(H,18,19,20);;/q;+1;-1. The van der Waals surface area contributed by atoms with Gasteiger partial charge in [-0.1, -0.05) is 0 Å². The Bertz CT molecular complexity index is 609. The predicted octanol–water partition coefficient (Wildman–Crippen LogP) is -4.72. The smallest absolute Gasteiger partial charge is 1.00 e. The van der Waals surface area contributed by atoms with Crippen LogP contribution >= 0.6 is 0 Å². The molecule has 0 aromatic heterocycles. The Hall–Kier alpha value is 0.660. The minimum Gasteiger partial charge on any atom is -1.00 e. The molecule has 2 unspecified atom stereocenters. The van der Waals surface area contributed by atoms with Gasteiger partial charge in [-0.05, 0) is 0 Å². The summed E-state index contributed by atoms with van der Waals surface area (Å²) in [7, 11) is -8.95. The summed E-state index contributed by atoms with van der Waals surface area (Å²) >= 11 is 0. The first-order valence-corrected chi connectivity index (χ1v) is 10.8. The maximum Gasteiger partial charge on any atom is 1.00 e. The Morgan fingerprint density at radius 3 is 1.84 bits per heavy atom. The Labute approximate surface area is 172 Å². The fourth-order valence-electron chi connectivity index (χ4n) is 3.03. The molecule has 25 heavy (non-hydrogen) atoms. The molecule has 13 heteroatoms. The van der Waals surface area contributed by atoms with E-state index in [1.54, 1.807) is 9.80 Å². The van der Waals surface area contributed by atoms with Crippen LogP contribution in [0, 0.1) is 0 Å². The molecule has 10 nitrogen and oxygen atoms in total. The number of ether oxygens (including phenoxy) is 2. The van der Waals surface area contributed by atoms with Gasteiger partial charge in [-0.3, -0.25) is 18.9 Å². The van der Waals surface area contributed by atoms with Crippen molar-refractivity contribution in [1.82, 2.24) is 9.80 Å². The summed E-state index contributed by atoms with van der Waals surface area (Å²) in [5.74, 6) is -0.762. The average molecular weight is 412 g/mol. The van der Waals surface area contributed by atoms with Crippen molar-refractivity contribution in [2.75, 3.05) is 64.9 Å². The second-order valence-corrected chi connectivity index (χ2v) is 9.06. The van der Waals surface area contributed by atoms with Crippen molar-refractivity contribution < 1.29 is 66.4 Å². The first kappa shape index (κ1) is 23.7. The molecule has 2 N–H and O–H groups in total. The summed E-state index contributed by atoms with van der Waals surface area (Å²) in [5, 5.41) is -1.35. The van der Waals surface area contributed by atoms with E-state index in [4.69, 9.17) is 9.47 Å². The van der Waals surface area contributed by atoms with Gasteiger partial charge in [0.2, 0.25) is 0 Å². The molecule has 0 bridgehead atoms. The fourth-order valence-corrected chi connectivity index (χ4v) is 5.09. The molecule has 2 rings (SSSR count). The molecule has 2 saturated heterocycles. The van der Waals surface area contributed by atoms with E-state index in [2.05, 4.69) is 0 Å². The van der Waals surface area contributed by atoms with Gasteiger partial charge in [-0.15, -0.1) is 0 Å². The molecule has 0 aliphatic carbocycles. The molecule has 0 aromatic rings. The van der Waals surface area contributed by atoms with Crippen LogP contribution in [0.3, 0.4) is 0 Å². The number of morpholine rings is 2. The SMILES string of the molecule is O=S(=O)(O)CC(C(CN1CCOCC1)S(=O)(=O)O)N1CCOCC1.[H-].[Na+]. The van der Waals surface area contributed by atoms with Gasteiger partial charge in [0.05, 0.1) is 32.2 Å². The third-order valence-electron chi connectivity index (χ3n) is 4.25. The molecule has 0 amide bonds. The molecule has 0 saturated carbocycles. The van der Waals surface area contributed by atoms with Crippen LogP contribution < -0.4 is 29.6 Å². The second kappa shape index (κ2) is 10.3. The van der Waals surface area contributed by atoms with Crippen LogP contribution in [0.15, 0.2) is 0 Å². The first-order chi connectivity index (χ1) is 11.2.